The summed E-state index contributed by atoms with van der Waals surface area (Å²) in [5, 5.41) is 0. The summed E-state index contributed by atoms with van der Waals surface area (Å²) in [7, 11) is 0. The van der Waals surface area contributed by atoms with Gasteiger partial charge in [-0.05, 0) is 29.3 Å². The number of nitrogens with zero attached hydrogens (tertiary/aromatic N) is 2. The molecule has 0 bridgehead atoms. The molecule has 1 heterocycles. The highest BCUT2D eigenvalue weighted by molar-refractivity contribution is 5.82. The number of fused-ring (bicyclic) bond motifs is 1. The van der Waals surface area contributed by atoms with Gasteiger partial charge in [0.15, 0.2) is 0 Å². The van der Waals surface area contributed by atoms with E-state index < -0.39 is 0 Å². The Morgan fingerprint density at radius 2 is 1.67 bits per heavy atom. The second-order valence-electron chi connectivity index (χ2n) is 3.95. The summed E-state index contributed by atoms with van der Waals surface area (Å²) in [4.78, 5) is 8.56. The molecule has 18 heavy (non-hydrogen) atoms. The van der Waals surface area contributed by atoms with Gasteiger partial charge in [0, 0.05) is 18.0 Å². The first kappa shape index (κ1) is 10.5. The van der Waals surface area contributed by atoms with Crippen molar-refractivity contribution in [2.24, 2.45) is 0 Å². The van der Waals surface area contributed by atoms with Crippen molar-refractivity contribution in [3.05, 3.63) is 60.4 Å². The van der Waals surface area contributed by atoms with Crippen molar-refractivity contribution in [3.8, 4) is 23.5 Å². The van der Waals surface area contributed by atoms with Gasteiger partial charge in [-0.2, -0.15) is 0 Å². The summed E-state index contributed by atoms with van der Waals surface area (Å²) >= 11 is 0. The first-order chi connectivity index (χ1) is 8.88. The van der Waals surface area contributed by atoms with Gasteiger partial charge in [-0.15, -0.1) is 6.42 Å². The lowest BCUT2D eigenvalue weighted by molar-refractivity contribution is 1.29. The van der Waals surface area contributed by atoms with Crippen molar-refractivity contribution in [1.82, 2.24) is 9.97 Å². The van der Waals surface area contributed by atoms with Crippen molar-refractivity contribution in [2.75, 3.05) is 0 Å². The highest BCUT2D eigenvalue weighted by atomic mass is 14.8. The second kappa shape index (κ2) is 4.31. The first-order valence-electron chi connectivity index (χ1n) is 5.65. The van der Waals surface area contributed by atoms with Gasteiger partial charge in [-0.3, -0.25) is 9.97 Å². The molecule has 0 atom stereocenters. The molecule has 0 radical (unpaired) electrons. The van der Waals surface area contributed by atoms with Crippen LogP contribution in [0.3, 0.4) is 0 Å². The van der Waals surface area contributed by atoms with Crippen LogP contribution < -0.4 is 0 Å². The lowest BCUT2D eigenvalue weighted by atomic mass is 10.00. The number of terminal acetylenes is 1. The van der Waals surface area contributed by atoms with Crippen LogP contribution >= 0.6 is 0 Å². The molecule has 1 aromatic heterocycles. The third kappa shape index (κ3) is 1.72. The molecule has 3 aromatic rings. The molecule has 2 heteroatoms. The molecule has 0 unspecified atom stereocenters. The predicted octanol–water partition coefficient (Wildman–Crippen LogP) is 3.28. The number of hydrogen-bond acceptors (Lipinski definition) is 2. The van der Waals surface area contributed by atoms with E-state index in [1.54, 1.807) is 12.4 Å². The maximum absolute atomic E-state index is 5.52. The van der Waals surface area contributed by atoms with Crippen molar-refractivity contribution >= 4 is 11.0 Å². The fourth-order valence-corrected chi connectivity index (χ4v) is 1.99. The van der Waals surface area contributed by atoms with E-state index in [4.69, 9.17) is 6.42 Å². The lowest BCUT2D eigenvalue weighted by Gasteiger charge is -2.05. The average molecular weight is 230 g/mol. The fourth-order valence-electron chi connectivity index (χ4n) is 1.99. The van der Waals surface area contributed by atoms with Crippen LogP contribution in [-0.2, 0) is 0 Å². The standard InChI is InChI=1S/C16H10N2/c1-2-12-5-3-4-6-14(12)13-7-8-15-16(11-13)18-10-9-17-15/h1,3-11H. The Morgan fingerprint density at radius 3 is 2.50 bits per heavy atom. The predicted molar refractivity (Wildman–Crippen MR) is 72.9 cm³/mol. The lowest BCUT2D eigenvalue weighted by Crippen LogP contribution is -1.86. The number of hydrogen-bond donors (Lipinski definition) is 0. The number of benzene rings is 2. The van der Waals surface area contributed by atoms with E-state index in [1.165, 1.54) is 0 Å². The van der Waals surface area contributed by atoms with E-state index in [0.717, 1.165) is 27.7 Å². The molecule has 0 aliphatic carbocycles. The Balaban J connectivity index is 2.23. The molecule has 0 saturated carbocycles. The highest BCUT2D eigenvalue weighted by Gasteiger charge is 2.04. The van der Waals surface area contributed by atoms with Gasteiger partial charge in [0.05, 0.1) is 11.0 Å². The molecule has 2 aromatic carbocycles. The van der Waals surface area contributed by atoms with Gasteiger partial charge < -0.3 is 0 Å². The summed E-state index contributed by atoms with van der Waals surface area (Å²) in [6, 6.07) is 13.9. The van der Waals surface area contributed by atoms with Crippen molar-refractivity contribution in [3.63, 3.8) is 0 Å². The van der Waals surface area contributed by atoms with Gasteiger partial charge in [0.1, 0.15) is 0 Å². The fraction of sp³-hybridized carbons (Fsp3) is 0. The van der Waals surface area contributed by atoms with Crippen LogP contribution in [0.2, 0.25) is 0 Å². The van der Waals surface area contributed by atoms with Crippen LogP contribution in [0, 0.1) is 12.3 Å². The zero-order chi connectivity index (χ0) is 12.4. The summed E-state index contributed by atoms with van der Waals surface area (Å²) in [5.74, 6) is 2.71. The SMILES string of the molecule is C#Cc1ccccc1-c1ccc2nccnc2c1. The summed E-state index contributed by atoms with van der Waals surface area (Å²) in [6.07, 6.45) is 8.91. The Morgan fingerprint density at radius 1 is 0.889 bits per heavy atom. The molecule has 0 N–H and O–H groups in total. The minimum atomic E-state index is 0.877. The zero-order valence-electron chi connectivity index (χ0n) is 9.67. The van der Waals surface area contributed by atoms with E-state index in [1.807, 2.05) is 42.5 Å². The summed E-state index contributed by atoms with van der Waals surface area (Å²) in [6.45, 7) is 0. The maximum atomic E-state index is 5.52. The largest absolute Gasteiger partial charge is 0.253 e. The Labute approximate surface area is 105 Å². The van der Waals surface area contributed by atoms with Gasteiger partial charge in [-0.1, -0.05) is 30.2 Å². The van der Waals surface area contributed by atoms with E-state index in [9.17, 15) is 0 Å². The number of aromatic nitrogens is 2. The zero-order valence-corrected chi connectivity index (χ0v) is 9.67. The second-order valence-corrected chi connectivity index (χ2v) is 3.95. The normalized spacial score (nSPS) is 10.2. The topological polar surface area (TPSA) is 25.8 Å². The first-order valence-corrected chi connectivity index (χ1v) is 5.65. The summed E-state index contributed by atoms with van der Waals surface area (Å²) in [5.41, 5.74) is 4.77. The third-order valence-electron chi connectivity index (χ3n) is 2.86. The Hall–Kier alpha value is -2.66. The molecule has 0 fully saturated rings. The number of rotatable bonds is 1. The minimum Gasteiger partial charge on any atom is -0.253 e. The summed E-state index contributed by atoms with van der Waals surface area (Å²) < 4.78 is 0. The van der Waals surface area contributed by atoms with Gasteiger partial charge >= 0.3 is 0 Å². The molecule has 2 nitrogen and oxygen atoms in total. The molecule has 0 aliphatic heterocycles. The third-order valence-corrected chi connectivity index (χ3v) is 2.86. The van der Waals surface area contributed by atoms with Crippen molar-refractivity contribution in [2.45, 2.75) is 0 Å². The van der Waals surface area contributed by atoms with Crippen molar-refractivity contribution in [1.29, 1.82) is 0 Å². The van der Waals surface area contributed by atoms with E-state index in [-0.39, 0.29) is 0 Å². The van der Waals surface area contributed by atoms with Gasteiger partial charge in [0.25, 0.3) is 0 Å². The van der Waals surface area contributed by atoms with Crippen LogP contribution in [0.25, 0.3) is 22.2 Å². The Kier molecular flexibility index (Phi) is 2.51. The molecule has 84 valence electrons. The van der Waals surface area contributed by atoms with Crippen LogP contribution in [0.15, 0.2) is 54.9 Å². The smallest absolute Gasteiger partial charge is 0.0892 e. The van der Waals surface area contributed by atoms with Crippen LogP contribution in [0.4, 0.5) is 0 Å². The molecule has 0 spiro atoms. The van der Waals surface area contributed by atoms with E-state index in [2.05, 4.69) is 15.9 Å². The van der Waals surface area contributed by atoms with Gasteiger partial charge in [0.2, 0.25) is 0 Å². The molecular weight excluding hydrogens is 220 g/mol. The molecule has 0 amide bonds. The minimum absolute atomic E-state index is 0.877. The van der Waals surface area contributed by atoms with E-state index >= 15 is 0 Å². The molecule has 0 aliphatic rings. The van der Waals surface area contributed by atoms with Crippen LogP contribution in [0.5, 0.6) is 0 Å². The van der Waals surface area contributed by atoms with Crippen molar-refractivity contribution < 1.29 is 0 Å². The average Bonchev–Trinajstić information content (AvgIpc) is 2.46. The van der Waals surface area contributed by atoms with Gasteiger partial charge in [-0.25, -0.2) is 0 Å². The molecule has 3 rings (SSSR count). The molecule has 0 saturated heterocycles. The monoisotopic (exact) mass is 230 g/mol. The van der Waals surface area contributed by atoms with Crippen LogP contribution in [0.1, 0.15) is 5.56 Å². The highest BCUT2D eigenvalue weighted by Crippen LogP contribution is 2.25. The molecular formula is C16H10N2. The quantitative estimate of drug-likeness (QED) is 0.599. The van der Waals surface area contributed by atoms with Crippen LogP contribution in [-0.4, -0.2) is 9.97 Å². The Bertz CT molecular complexity index is 754. The maximum Gasteiger partial charge on any atom is 0.0892 e. The van der Waals surface area contributed by atoms with E-state index in [0.29, 0.717) is 0 Å².